The van der Waals surface area contributed by atoms with E-state index in [1.54, 1.807) is 0 Å². The topological polar surface area (TPSA) is 102 Å². The quantitative estimate of drug-likeness (QED) is 0.481. The summed E-state index contributed by atoms with van der Waals surface area (Å²) in [5.41, 5.74) is 0.954. The lowest BCUT2D eigenvalue weighted by molar-refractivity contribution is -0.122. The number of rotatable bonds is 6. The Morgan fingerprint density at radius 3 is 2.41 bits per heavy atom. The summed E-state index contributed by atoms with van der Waals surface area (Å²) in [6, 6.07) is 8.51. The molecule has 5 atom stereocenters. The third-order valence-electron chi connectivity index (χ3n) is 4.22. The number of hydrogen-bond donors (Lipinski definition) is 5. The van der Waals surface area contributed by atoms with E-state index < -0.39 is 24.3 Å². The van der Waals surface area contributed by atoms with Crippen LogP contribution in [0.1, 0.15) is 24.8 Å². The number of carbonyl (C=O) groups excluding carboxylic acids is 1. The Balaban J connectivity index is 1.92. The molecule has 5 N–H and O–H groups in total. The molecule has 122 valence electrons. The molecule has 0 spiro atoms. The predicted octanol–water partition coefficient (Wildman–Crippen LogP) is -0.649. The van der Waals surface area contributed by atoms with Crippen molar-refractivity contribution >= 4 is 5.91 Å². The molecular formula is C16H24N2O4. The number of amides is 1. The van der Waals surface area contributed by atoms with Crippen LogP contribution in [0.15, 0.2) is 30.3 Å². The van der Waals surface area contributed by atoms with Crippen LogP contribution in [0.5, 0.6) is 0 Å². The van der Waals surface area contributed by atoms with E-state index in [0.29, 0.717) is 6.42 Å². The first-order valence-electron chi connectivity index (χ1n) is 7.64. The molecule has 6 nitrogen and oxygen atoms in total. The van der Waals surface area contributed by atoms with Gasteiger partial charge in [0.1, 0.15) is 0 Å². The summed E-state index contributed by atoms with van der Waals surface area (Å²) in [4.78, 5) is 12.3. The van der Waals surface area contributed by atoms with Gasteiger partial charge in [-0.05, 0) is 12.0 Å². The molecule has 2 rings (SSSR count). The Morgan fingerprint density at radius 1 is 1.23 bits per heavy atom. The van der Waals surface area contributed by atoms with Gasteiger partial charge in [-0.25, -0.2) is 0 Å². The summed E-state index contributed by atoms with van der Waals surface area (Å²) in [7, 11) is 0. The van der Waals surface area contributed by atoms with E-state index in [9.17, 15) is 15.0 Å². The van der Waals surface area contributed by atoms with Gasteiger partial charge in [0, 0.05) is 6.54 Å². The molecule has 1 heterocycles. The van der Waals surface area contributed by atoms with E-state index in [1.807, 2.05) is 37.3 Å². The van der Waals surface area contributed by atoms with E-state index >= 15 is 0 Å². The van der Waals surface area contributed by atoms with Crippen LogP contribution in [0.3, 0.4) is 0 Å². The maximum atomic E-state index is 12.3. The fourth-order valence-corrected chi connectivity index (χ4v) is 2.88. The second-order valence-corrected chi connectivity index (χ2v) is 5.66. The van der Waals surface area contributed by atoms with Crippen LogP contribution in [0.25, 0.3) is 0 Å². The second kappa shape index (κ2) is 7.69. The fraction of sp³-hybridized carbons (Fsp3) is 0.562. The maximum Gasteiger partial charge on any atom is 0.227 e. The highest BCUT2D eigenvalue weighted by Gasteiger charge is 2.40. The Kier molecular flexibility index (Phi) is 5.90. The Morgan fingerprint density at radius 2 is 1.86 bits per heavy atom. The van der Waals surface area contributed by atoms with Crippen molar-refractivity contribution < 1.29 is 20.1 Å². The highest BCUT2D eigenvalue weighted by molar-refractivity contribution is 5.83. The zero-order chi connectivity index (χ0) is 16.1. The number of hydrogen-bond acceptors (Lipinski definition) is 5. The number of benzene rings is 1. The van der Waals surface area contributed by atoms with Crippen LogP contribution in [0.2, 0.25) is 0 Å². The van der Waals surface area contributed by atoms with Crippen molar-refractivity contribution in [1.29, 1.82) is 0 Å². The molecule has 1 unspecified atom stereocenters. The lowest BCUT2D eigenvalue weighted by atomic mass is 9.95. The van der Waals surface area contributed by atoms with Crippen molar-refractivity contribution in [3.63, 3.8) is 0 Å². The Labute approximate surface area is 130 Å². The average molecular weight is 308 g/mol. The molecule has 1 aliphatic rings. The van der Waals surface area contributed by atoms with E-state index in [0.717, 1.165) is 5.56 Å². The van der Waals surface area contributed by atoms with Gasteiger partial charge >= 0.3 is 0 Å². The Hall–Kier alpha value is -1.47. The molecule has 22 heavy (non-hydrogen) atoms. The van der Waals surface area contributed by atoms with Crippen molar-refractivity contribution in [1.82, 2.24) is 10.6 Å². The first-order chi connectivity index (χ1) is 10.6. The zero-order valence-electron chi connectivity index (χ0n) is 12.6. The van der Waals surface area contributed by atoms with Gasteiger partial charge in [0.05, 0.1) is 36.8 Å². The van der Waals surface area contributed by atoms with Gasteiger partial charge in [-0.1, -0.05) is 37.3 Å². The van der Waals surface area contributed by atoms with Gasteiger partial charge in [-0.3, -0.25) is 4.79 Å². The van der Waals surface area contributed by atoms with E-state index in [2.05, 4.69) is 10.6 Å². The van der Waals surface area contributed by atoms with Gasteiger partial charge in [0.15, 0.2) is 0 Å². The van der Waals surface area contributed by atoms with Crippen LogP contribution in [-0.2, 0) is 4.79 Å². The maximum absolute atomic E-state index is 12.3. The average Bonchev–Trinajstić information content (AvgIpc) is 2.82. The van der Waals surface area contributed by atoms with Gasteiger partial charge in [-0.15, -0.1) is 0 Å². The summed E-state index contributed by atoms with van der Waals surface area (Å²) < 4.78 is 0. The SMILES string of the molecule is CCC(C(=O)NC[C@@H]1N[C@H](CO)[C@H](O)[C@@H]1O)c1ccccc1. The largest absolute Gasteiger partial charge is 0.395 e. The summed E-state index contributed by atoms with van der Waals surface area (Å²) in [5, 5.41) is 34.5. The number of nitrogens with one attached hydrogen (secondary N) is 2. The third kappa shape index (κ3) is 3.64. The smallest absolute Gasteiger partial charge is 0.227 e. The molecule has 0 aliphatic carbocycles. The molecule has 6 heteroatoms. The first kappa shape index (κ1) is 16.9. The van der Waals surface area contributed by atoms with Gasteiger partial charge in [-0.2, -0.15) is 0 Å². The highest BCUT2D eigenvalue weighted by Crippen LogP contribution is 2.19. The zero-order valence-corrected chi connectivity index (χ0v) is 12.6. The third-order valence-corrected chi connectivity index (χ3v) is 4.22. The van der Waals surface area contributed by atoms with Crippen molar-refractivity contribution in [3.8, 4) is 0 Å². The minimum atomic E-state index is -1.03. The molecule has 1 saturated heterocycles. The number of aliphatic hydroxyl groups excluding tert-OH is 3. The van der Waals surface area contributed by atoms with Crippen LogP contribution in [-0.4, -0.2) is 58.7 Å². The van der Waals surface area contributed by atoms with Crippen LogP contribution in [0.4, 0.5) is 0 Å². The van der Waals surface area contributed by atoms with Crippen molar-refractivity contribution in [3.05, 3.63) is 35.9 Å². The summed E-state index contributed by atoms with van der Waals surface area (Å²) >= 11 is 0. The molecule has 0 saturated carbocycles. The van der Waals surface area contributed by atoms with Gasteiger partial charge < -0.3 is 26.0 Å². The molecule has 0 bridgehead atoms. The van der Waals surface area contributed by atoms with Crippen LogP contribution >= 0.6 is 0 Å². The van der Waals surface area contributed by atoms with Crippen LogP contribution in [0, 0.1) is 0 Å². The van der Waals surface area contributed by atoms with Gasteiger partial charge in [0.2, 0.25) is 5.91 Å². The molecule has 0 radical (unpaired) electrons. The minimum Gasteiger partial charge on any atom is -0.395 e. The molecule has 1 fully saturated rings. The van der Waals surface area contributed by atoms with E-state index in [-0.39, 0.29) is 25.0 Å². The van der Waals surface area contributed by atoms with E-state index in [4.69, 9.17) is 5.11 Å². The summed E-state index contributed by atoms with van der Waals surface area (Å²) in [6.07, 6.45) is -1.35. The van der Waals surface area contributed by atoms with Crippen LogP contribution < -0.4 is 10.6 Å². The molecule has 1 aliphatic heterocycles. The molecular weight excluding hydrogens is 284 g/mol. The molecule has 1 aromatic rings. The van der Waals surface area contributed by atoms with Gasteiger partial charge in [0.25, 0.3) is 0 Å². The van der Waals surface area contributed by atoms with Crippen molar-refractivity contribution in [2.75, 3.05) is 13.2 Å². The molecule has 1 amide bonds. The normalized spacial score (nSPS) is 29.3. The summed E-state index contributed by atoms with van der Waals surface area (Å²) in [6.45, 7) is 1.90. The summed E-state index contributed by atoms with van der Waals surface area (Å²) in [5.74, 6) is -0.344. The Bertz CT molecular complexity index is 482. The monoisotopic (exact) mass is 308 g/mol. The predicted molar refractivity (Wildman–Crippen MR) is 82.3 cm³/mol. The molecule has 1 aromatic carbocycles. The second-order valence-electron chi connectivity index (χ2n) is 5.66. The van der Waals surface area contributed by atoms with Crippen molar-refractivity contribution in [2.24, 2.45) is 0 Å². The number of carbonyl (C=O) groups is 1. The number of aliphatic hydroxyl groups is 3. The van der Waals surface area contributed by atoms with E-state index in [1.165, 1.54) is 0 Å². The first-order valence-corrected chi connectivity index (χ1v) is 7.64. The lowest BCUT2D eigenvalue weighted by Crippen LogP contribution is -2.45. The fourth-order valence-electron chi connectivity index (χ4n) is 2.88. The highest BCUT2D eigenvalue weighted by atomic mass is 16.3. The minimum absolute atomic E-state index is 0.107. The molecule has 0 aromatic heterocycles. The van der Waals surface area contributed by atoms with Crippen molar-refractivity contribution in [2.45, 2.75) is 43.6 Å². The standard InChI is InChI=1S/C16H24N2O4/c1-2-11(10-6-4-3-5-7-10)16(22)17-8-12-14(20)15(21)13(9-19)18-12/h3-7,11-15,18-21H,2,8-9H2,1H3,(H,17,22)/t11?,12-,13+,14+,15-/m0/s1. The lowest BCUT2D eigenvalue weighted by Gasteiger charge is -2.20.